The molecule has 2 unspecified atom stereocenters. The molecule has 5 nitrogen and oxygen atoms in total. The lowest BCUT2D eigenvalue weighted by Crippen LogP contribution is -2.49. The van der Waals surface area contributed by atoms with Crippen molar-refractivity contribution in [1.29, 1.82) is 0 Å². The van der Waals surface area contributed by atoms with Crippen molar-refractivity contribution in [3.05, 3.63) is 60.2 Å². The maximum absolute atomic E-state index is 13.1. The quantitative estimate of drug-likeness (QED) is 0.842. The molecule has 1 heterocycles. The Hall–Kier alpha value is -2.18. The average molecular weight is 399 g/mol. The smallest absolute Gasteiger partial charge is 0.226 e. The fourth-order valence-electron chi connectivity index (χ4n) is 4.32. The van der Waals surface area contributed by atoms with Crippen molar-refractivity contribution in [2.24, 2.45) is 5.92 Å². The minimum atomic E-state index is -3.26. The fraction of sp³-hybridized carbons (Fsp3) is 0.409. The fourth-order valence-corrected chi connectivity index (χ4v) is 5.12. The third kappa shape index (κ3) is 4.28. The topological polar surface area (TPSA) is 66.5 Å². The molecular formula is C22H26N2O3S. The summed E-state index contributed by atoms with van der Waals surface area (Å²) >= 11 is 0. The highest BCUT2D eigenvalue weighted by Crippen LogP contribution is 2.51. The van der Waals surface area contributed by atoms with Gasteiger partial charge < -0.3 is 4.90 Å². The molecule has 1 saturated heterocycles. The van der Waals surface area contributed by atoms with Gasteiger partial charge in [-0.3, -0.25) is 4.79 Å². The predicted molar refractivity (Wildman–Crippen MR) is 110 cm³/mol. The van der Waals surface area contributed by atoms with E-state index in [1.54, 1.807) is 0 Å². The van der Waals surface area contributed by atoms with Gasteiger partial charge in [-0.05, 0) is 41.9 Å². The number of likely N-dealkylation sites (tertiary alicyclic amines) is 1. The molecule has 0 radical (unpaired) electrons. The minimum Gasteiger partial charge on any atom is -0.341 e. The average Bonchev–Trinajstić information content (AvgIpc) is 3.48. The molecule has 0 bridgehead atoms. The maximum Gasteiger partial charge on any atom is 0.226 e. The highest BCUT2D eigenvalue weighted by atomic mass is 32.2. The first-order valence-electron chi connectivity index (χ1n) is 9.83. The number of rotatable bonds is 5. The second kappa shape index (κ2) is 7.68. The van der Waals surface area contributed by atoms with Crippen LogP contribution in [-0.4, -0.2) is 44.6 Å². The van der Waals surface area contributed by atoms with Crippen molar-refractivity contribution < 1.29 is 13.2 Å². The van der Waals surface area contributed by atoms with Crippen LogP contribution in [0.15, 0.2) is 54.6 Å². The second-order valence-electron chi connectivity index (χ2n) is 7.92. The minimum absolute atomic E-state index is 0.00171. The van der Waals surface area contributed by atoms with Crippen molar-refractivity contribution >= 4 is 15.9 Å². The Kier molecular flexibility index (Phi) is 5.25. The van der Waals surface area contributed by atoms with E-state index in [9.17, 15) is 13.2 Å². The molecule has 1 N–H and O–H groups in total. The van der Waals surface area contributed by atoms with Crippen molar-refractivity contribution in [3.63, 3.8) is 0 Å². The standard InChI is InChI=1S/C22H26N2O3S/c1-28(26,27)23-17-10-7-13-24(15-17)22(25)21-14-20(21)19-12-6-5-11-18(19)16-8-3-2-4-9-16/h2-6,8-9,11-12,17,20-21,23H,7,10,13-15H2,1H3/t17-,20?,21?/m0/s1. The van der Waals surface area contributed by atoms with Crippen LogP contribution in [0.4, 0.5) is 0 Å². The Morgan fingerprint density at radius 3 is 2.54 bits per heavy atom. The normalized spacial score (nSPS) is 24.8. The molecule has 1 saturated carbocycles. The molecule has 0 aromatic heterocycles. The lowest BCUT2D eigenvalue weighted by Gasteiger charge is -2.33. The SMILES string of the molecule is CS(=O)(=O)N[C@H]1CCCN(C(=O)C2CC2c2ccccc2-c2ccccc2)C1. The Labute approximate surface area is 166 Å². The van der Waals surface area contributed by atoms with E-state index >= 15 is 0 Å². The molecule has 1 aliphatic carbocycles. The number of carbonyl (C=O) groups excluding carboxylic acids is 1. The van der Waals surface area contributed by atoms with Gasteiger partial charge in [0.25, 0.3) is 0 Å². The van der Waals surface area contributed by atoms with Gasteiger partial charge in [0.15, 0.2) is 0 Å². The van der Waals surface area contributed by atoms with Crippen molar-refractivity contribution in [2.75, 3.05) is 19.3 Å². The number of piperidine rings is 1. The summed E-state index contributed by atoms with van der Waals surface area (Å²) in [6.07, 6.45) is 3.65. The summed E-state index contributed by atoms with van der Waals surface area (Å²) in [5, 5.41) is 0. The lowest BCUT2D eigenvalue weighted by molar-refractivity contribution is -0.133. The highest BCUT2D eigenvalue weighted by molar-refractivity contribution is 7.88. The number of nitrogens with one attached hydrogen (secondary N) is 1. The van der Waals surface area contributed by atoms with E-state index in [2.05, 4.69) is 29.0 Å². The molecule has 2 aromatic rings. The van der Waals surface area contributed by atoms with E-state index in [1.807, 2.05) is 35.2 Å². The number of hydrogen-bond donors (Lipinski definition) is 1. The van der Waals surface area contributed by atoms with Gasteiger partial charge in [-0.15, -0.1) is 0 Å². The zero-order valence-electron chi connectivity index (χ0n) is 16.0. The van der Waals surface area contributed by atoms with Crippen molar-refractivity contribution in [2.45, 2.75) is 31.2 Å². The Morgan fingerprint density at radius 1 is 1.07 bits per heavy atom. The van der Waals surface area contributed by atoms with Gasteiger partial charge in [0.2, 0.25) is 15.9 Å². The zero-order valence-corrected chi connectivity index (χ0v) is 16.9. The molecule has 2 aliphatic rings. The Morgan fingerprint density at radius 2 is 1.79 bits per heavy atom. The molecule has 2 fully saturated rings. The summed E-state index contributed by atoms with van der Waals surface area (Å²) in [6.45, 7) is 1.18. The van der Waals surface area contributed by atoms with E-state index in [4.69, 9.17) is 0 Å². The van der Waals surface area contributed by atoms with Crippen LogP contribution in [-0.2, 0) is 14.8 Å². The van der Waals surface area contributed by atoms with Crippen LogP contribution in [0.2, 0.25) is 0 Å². The van der Waals surface area contributed by atoms with Crippen LogP contribution in [0.3, 0.4) is 0 Å². The number of benzene rings is 2. The highest BCUT2D eigenvalue weighted by Gasteiger charge is 2.47. The summed E-state index contributed by atoms with van der Waals surface area (Å²) in [4.78, 5) is 14.9. The van der Waals surface area contributed by atoms with Crippen LogP contribution in [0.25, 0.3) is 11.1 Å². The molecule has 6 heteroatoms. The van der Waals surface area contributed by atoms with Gasteiger partial charge in [-0.2, -0.15) is 0 Å². The largest absolute Gasteiger partial charge is 0.341 e. The first-order chi connectivity index (χ1) is 13.4. The Bertz CT molecular complexity index is 959. The molecule has 148 valence electrons. The molecule has 0 spiro atoms. The first kappa shape index (κ1) is 19.2. The number of hydrogen-bond acceptors (Lipinski definition) is 3. The van der Waals surface area contributed by atoms with Gasteiger partial charge in [0.05, 0.1) is 6.26 Å². The van der Waals surface area contributed by atoms with Crippen LogP contribution in [0.1, 0.15) is 30.7 Å². The van der Waals surface area contributed by atoms with E-state index in [0.29, 0.717) is 13.1 Å². The van der Waals surface area contributed by atoms with Gasteiger partial charge in [0, 0.05) is 25.0 Å². The van der Waals surface area contributed by atoms with Crippen molar-refractivity contribution in [3.8, 4) is 11.1 Å². The van der Waals surface area contributed by atoms with Crippen molar-refractivity contribution in [1.82, 2.24) is 9.62 Å². The summed E-state index contributed by atoms with van der Waals surface area (Å²) in [6, 6.07) is 18.4. The van der Waals surface area contributed by atoms with Crippen LogP contribution in [0, 0.1) is 5.92 Å². The summed E-state index contributed by atoms with van der Waals surface area (Å²) in [5.74, 6) is 0.405. The maximum atomic E-state index is 13.1. The van der Waals surface area contributed by atoms with Gasteiger partial charge in [0.1, 0.15) is 0 Å². The summed E-state index contributed by atoms with van der Waals surface area (Å²) in [5.41, 5.74) is 3.60. The van der Waals surface area contributed by atoms with Gasteiger partial charge in [-0.1, -0.05) is 54.6 Å². The van der Waals surface area contributed by atoms with Crippen LogP contribution < -0.4 is 4.72 Å². The molecule has 3 atom stereocenters. The van der Waals surface area contributed by atoms with Crippen LogP contribution in [0.5, 0.6) is 0 Å². The monoisotopic (exact) mass is 398 g/mol. The van der Waals surface area contributed by atoms with Gasteiger partial charge >= 0.3 is 0 Å². The molecule has 4 rings (SSSR count). The number of nitrogens with zero attached hydrogens (tertiary/aromatic N) is 1. The van der Waals surface area contributed by atoms with E-state index in [1.165, 1.54) is 22.9 Å². The molecule has 1 aliphatic heterocycles. The van der Waals surface area contributed by atoms with E-state index in [-0.39, 0.29) is 23.8 Å². The third-order valence-corrected chi connectivity index (χ3v) is 6.43. The third-order valence-electron chi connectivity index (χ3n) is 5.67. The summed E-state index contributed by atoms with van der Waals surface area (Å²) < 4.78 is 25.7. The first-order valence-corrected chi connectivity index (χ1v) is 11.7. The number of carbonyl (C=O) groups is 1. The number of amides is 1. The van der Waals surface area contributed by atoms with E-state index < -0.39 is 10.0 Å². The number of sulfonamides is 1. The molecule has 1 amide bonds. The summed E-state index contributed by atoms with van der Waals surface area (Å²) in [7, 11) is -3.26. The molecular weight excluding hydrogens is 372 g/mol. The van der Waals surface area contributed by atoms with Crippen LogP contribution >= 0.6 is 0 Å². The predicted octanol–water partition coefficient (Wildman–Crippen LogP) is 3.00. The molecule has 2 aromatic carbocycles. The second-order valence-corrected chi connectivity index (χ2v) is 9.70. The zero-order chi connectivity index (χ0) is 19.7. The lowest BCUT2D eigenvalue weighted by atomic mass is 9.95. The molecule has 28 heavy (non-hydrogen) atoms. The van der Waals surface area contributed by atoms with Gasteiger partial charge in [-0.25, -0.2) is 13.1 Å². The Balaban J connectivity index is 1.47. The van der Waals surface area contributed by atoms with E-state index in [0.717, 1.165) is 19.3 Å².